The van der Waals surface area contributed by atoms with Crippen LogP contribution in [-0.4, -0.2) is 24.9 Å². The Morgan fingerprint density at radius 1 is 0.889 bits per heavy atom. The lowest BCUT2D eigenvalue weighted by atomic mass is 10.0. The molecule has 2 aromatic carbocycles. The van der Waals surface area contributed by atoms with E-state index in [1.165, 1.54) is 7.11 Å². The third kappa shape index (κ3) is 3.69. The Balaban J connectivity index is 1.70. The Morgan fingerprint density at radius 2 is 1.44 bits per heavy atom. The van der Waals surface area contributed by atoms with Crippen LogP contribution in [0.4, 0.5) is 11.4 Å². The summed E-state index contributed by atoms with van der Waals surface area (Å²) in [7, 11) is 1.31. The minimum absolute atomic E-state index is 0.288. The van der Waals surface area contributed by atoms with Crippen LogP contribution in [0.5, 0.6) is 0 Å². The number of anilines is 2. The Hall–Kier alpha value is -3.15. The molecule has 0 aromatic heterocycles. The number of amides is 2. The molecule has 0 heterocycles. The molecule has 1 fully saturated rings. The van der Waals surface area contributed by atoms with Crippen molar-refractivity contribution in [2.45, 2.75) is 26.7 Å². The molecule has 6 heteroatoms. The Labute approximate surface area is 157 Å². The molecule has 0 atom stereocenters. The molecular formula is C21H22N2O4. The summed E-state index contributed by atoms with van der Waals surface area (Å²) < 4.78 is 4.65. The average molecular weight is 366 g/mol. The van der Waals surface area contributed by atoms with E-state index in [4.69, 9.17) is 0 Å². The maximum Gasteiger partial charge on any atom is 0.337 e. The molecule has 3 rings (SSSR count). The lowest BCUT2D eigenvalue weighted by Gasteiger charge is -2.18. The van der Waals surface area contributed by atoms with Crippen molar-refractivity contribution in [1.82, 2.24) is 0 Å². The maximum absolute atomic E-state index is 12.8. The summed E-state index contributed by atoms with van der Waals surface area (Å²) in [6, 6.07) is 12.1. The third-order valence-electron chi connectivity index (χ3n) is 4.90. The number of ether oxygens (including phenoxy) is 1. The molecule has 2 amide bonds. The average Bonchev–Trinajstić information content (AvgIpc) is 3.47. The molecule has 27 heavy (non-hydrogen) atoms. The second kappa shape index (κ2) is 7.23. The summed E-state index contributed by atoms with van der Waals surface area (Å²) in [6.45, 7) is 3.84. The summed E-state index contributed by atoms with van der Waals surface area (Å²) in [5.41, 5.74) is 2.54. The number of carbonyl (C=O) groups excluding carboxylic acids is 3. The molecule has 0 unspecified atom stereocenters. The highest BCUT2D eigenvalue weighted by Crippen LogP contribution is 2.47. The monoisotopic (exact) mass is 366 g/mol. The van der Waals surface area contributed by atoms with Gasteiger partial charge in [0.2, 0.25) is 11.8 Å². The minimum Gasteiger partial charge on any atom is -0.465 e. The molecule has 0 bridgehead atoms. The second-order valence-corrected chi connectivity index (χ2v) is 6.83. The lowest BCUT2D eigenvalue weighted by molar-refractivity contribution is -0.131. The second-order valence-electron chi connectivity index (χ2n) is 6.83. The van der Waals surface area contributed by atoms with Crippen molar-refractivity contribution in [2.75, 3.05) is 17.7 Å². The van der Waals surface area contributed by atoms with Gasteiger partial charge in [0.25, 0.3) is 0 Å². The Bertz CT molecular complexity index is 879. The number of aryl methyl sites for hydroxylation is 2. The predicted molar refractivity (Wildman–Crippen MR) is 103 cm³/mol. The zero-order chi connectivity index (χ0) is 19.6. The fourth-order valence-corrected chi connectivity index (χ4v) is 2.99. The van der Waals surface area contributed by atoms with Crippen LogP contribution in [0.2, 0.25) is 0 Å². The third-order valence-corrected chi connectivity index (χ3v) is 4.90. The zero-order valence-corrected chi connectivity index (χ0v) is 15.6. The highest BCUT2D eigenvalue weighted by Gasteiger charge is 2.56. The predicted octanol–water partition coefficient (Wildman–Crippen LogP) is 3.45. The molecule has 2 aromatic rings. The summed E-state index contributed by atoms with van der Waals surface area (Å²) in [5, 5.41) is 5.69. The number of hydrogen-bond acceptors (Lipinski definition) is 4. The van der Waals surface area contributed by atoms with Crippen LogP contribution in [0.25, 0.3) is 0 Å². The first-order valence-corrected chi connectivity index (χ1v) is 8.75. The number of rotatable bonds is 5. The van der Waals surface area contributed by atoms with E-state index in [2.05, 4.69) is 15.4 Å². The van der Waals surface area contributed by atoms with Crippen LogP contribution in [-0.2, 0) is 14.3 Å². The van der Waals surface area contributed by atoms with Crippen LogP contribution in [0.15, 0.2) is 42.5 Å². The number of esters is 1. The van der Waals surface area contributed by atoms with E-state index in [1.807, 2.05) is 32.0 Å². The SMILES string of the molecule is COC(=O)c1ccc(NC(=O)C2(C(=O)Nc3c(C)cccc3C)CC2)cc1. The summed E-state index contributed by atoms with van der Waals surface area (Å²) in [5.74, 6) is -1.07. The van der Waals surface area contributed by atoms with Crippen molar-refractivity contribution in [3.8, 4) is 0 Å². The molecule has 140 valence electrons. The van der Waals surface area contributed by atoms with E-state index < -0.39 is 11.4 Å². The van der Waals surface area contributed by atoms with E-state index >= 15 is 0 Å². The number of hydrogen-bond donors (Lipinski definition) is 2. The maximum atomic E-state index is 12.8. The normalized spacial score (nSPS) is 14.2. The Morgan fingerprint density at radius 3 is 1.96 bits per heavy atom. The van der Waals surface area contributed by atoms with Crippen molar-refractivity contribution in [2.24, 2.45) is 5.41 Å². The summed E-state index contributed by atoms with van der Waals surface area (Å²) in [6.07, 6.45) is 1.02. The fraction of sp³-hybridized carbons (Fsp3) is 0.286. The molecule has 1 saturated carbocycles. The van der Waals surface area contributed by atoms with Crippen molar-refractivity contribution >= 4 is 29.2 Å². The van der Waals surface area contributed by atoms with Gasteiger partial charge in [-0.3, -0.25) is 9.59 Å². The van der Waals surface area contributed by atoms with Gasteiger partial charge in [-0.05, 0) is 62.1 Å². The van der Waals surface area contributed by atoms with Crippen molar-refractivity contribution < 1.29 is 19.1 Å². The van der Waals surface area contributed by atoms with E-state index in [1.54, 1.807) is 24.3 Å². The van der Waals surface area contributed by atoms with Crippen molar-refractivity contribution in [3.05, 3.63) is 59.2 Å². The minimum atomic E-state index is -1.05. The molecule has 0 aliphatic heterocycles. The number of para-hydroxylation sites is 1. The number of methoxy groups -OCH3 is 1. The van der Waals surface area contributed by atoms with Crippen LogP contribution < -0.4 is 10.6 Å². The largest absolute Gasteiger partial charge is 0.465 e. The van der Waals surface area contributed by atoms with Gasteiger partial charge in [-0.1, -0.05) is 18.2 Å². The first-order valence-electron chi connectivity index (χ1n) is 8.75. The highest BCUT2D eigenvalue weighted by atomic mass is 16.5. The van der Waals surface area contributed by atoms with Gasteiger partial charge in [-0.15, -0.1) is 0 Å². The van der Waals surface area contributed by atoms with Gasteiger partial charge in [0, 0.05) is 11.4 Å². The quantitative estimate of drug-likeness (QED) is 0.627. The van der Waals surface area contributed by atoms with Gasteiger partial charge in [0.1, 0.15) is 5.41 Å². The standard InChI is InChI=1S/C21H22N2O4/c1-13-5-4-6-14(2)17(13)23-20(26)21(11-12-21)19(25)22-16-9-7-15(8-10-16)18(24)27-3/h4-10H,11-12H2,1-3H3,(H,22,25)(H,23,26). The van der Waals surface area contributed by atoms with Gasteiger partial charge < -0.3 is 15.4 Å². The topological polar surface area (TPSA) is 84.5 Å². The molecule has 0 saturated heterocycles. The highest BCUT2D eigenvalue weighted by molar-refractivity contribution is 6.17. The molecule has 1 aliphatic carbocycles. The zero-order valence-electron chi connectivity index (χ0n) is 15.6. The number of nitrogens with one attached hydrogen (secondary N) is 2. The van der Waals surface area contributed by atoms with Gasteiger partial charge in [0.05, 0.1) is 12.7 Å². The summed E-state index contributed by atoms with van der Waals surface area (Å²) >= 11 is 0. The molecule has 0 spiro atoms. The van der Waals surface area contributed by atoms with Crippen molar-refractivity contribution in [3.63, 3.8) is 0 Å². The van der Waals surface area contributed by atoms with E-state index in [9.17, 15) is 14.4 Å². The van der Waals surface area contributed by atoms with E-state index in [0.29, 0.717) is 24.1 Å². The molecule has 0 radical (unpaired) electrons. The van der Waals surface area contributed by atoms with Gasteiger partial charge in [0.15, 0.2) is 0 Å². The van der Waals surface area contributed by atoms with Gasteiger partial charge in [-0.2, -0.15) is 0 Å². The van der Waals surface area contributed by atoms with Gasteiger partial charge in [-0.25, -0.2) is 4.79 Å². The molecular weight excluding hydrogens is 344 g/mol. The molecule has 2 N–H and O–H groups in total. The van der Waals surface area contributed by atoms with Crippen LogP contribution in [0, 0.1) is 19.3 Å². The van der Waals surface area contributed by atoms with E-state index in [0.717, 1.165) is 16.8 Å². The smallest absolute Gasteiger partial charge is 0.337 e. The number of benzene rings is 2. The summed E-state index contributed by atoms with van der Waals surface area (Å²) in [4.78, 5) is 37.0. The van der Waals surface area contributed by atoms with Gasteiger partial charge >= 0.3 is 5.97 Å². The molecule has 1 aliphatic rings. The lowest BCUT2D eigenvalue weighted by Crippen LogP contribution is -2.36. The fourth-order valence-electron chi connectivity index (χ4n) is 2.99. The number of carbonyl (C=O) groups is 3. The molecule has 6 nitrogen and oxygen atoms in total. The van der Waals surface area contributed by atoms with Crippen LogP contribution in [0.1, 0.15) is 34.3 Å². The Kier molecular flexibility index (Phi) is 4.99. The van der Waals surface area contributed by atoms with Crippen molar-refractivity contribution in [1.29, 1.82) is 0 Å². The van der Waals surface area contributed by atoms with E-state index in [-0.39, 0.29) is 11.8 Å². The first kappa shape index (κ1) is 18.6. The van der Waals surface area contributed by atoms with Crippen LogP contribution >= 0.6 is 0 Å². The first-order chi connectivity index (χ1) is 12.9. The van der Waals surface area contributed by atoms with Crippen LogP contribution in [0.3, 0.4) is 0 Å².